The molecule has 25 heavy (non-hydrogen) atoms. The number of fused-ring (bicyclic) bond motifs is 3. The van der Waals surface area contributed by atoms with E-state index in [-0.39, 0.29) is 29.7 Å². The summed E-state index contributed by atoms with van der Waals surface area (Å²) in [7, 11) is 0. The summed E-state index contributed by atoms with van der Waals surface area (Å²) in [4.78, 5) is 26.6. The minimum atomic E-state index is -0.985. The van der Waals surface area contributed by atoms with Crippen LogP contribution in [0.1, 0.15) is 16.4 Å². The zero-order valence-corrected chi connectivity index (χ0v) is 15.1. The third-order valence-electron chi connectivity index (χ3n) is 5.38. The second kappa shape index (κ2) is 5.20. The van der Waals surface area contributed by atoms with Gasteiger partial charge < -0.3 is 10.6 Å². The number of hydrogen-bond donors (Lipinski definition) is 3. The summed E-state index contributed by atoms with van der Waals surface area (Å²) >= 11 is 13.7. The van der Waals surface area contributed by atoms with Crippen molar-refractivity contribution in [3.63, 3.8) is 0 Å². The van der Waals surface area contributed by atoms with Gasteiger partial charge in [0, 0.05) is 39.7 Å². The molecular weight excluding hydrogens is 381 g/mol. The van der Waals surface area contributed by atoms with E-state index in [1.807, 2.05) is 18.2 Å². The molecule has 2 fully saturated rings. The molecule has 8 heteroatoms. The molecule has 5 rings (SSSR count). The summed E-state index contributed by atoms with van der Waals surface area (Å²) in [5.41, 5.74) is 0.540. The maximum Gasteiger partial charge on any atom is 0.250 e. The van der Waals surface area contributed by atoms with Crippen LogP contribution in [0, 0.1) is 5.92 Å². The summed E-state index contributed by atoms with van der Waals surface area (Å²) in [5.74, 6) is -0.817. The van der Waals surface area contributed by atoms with Crippen LogP contribution < -0.4 is 16.0 Å². The van der Waals surface area contributed by atoms with E-state index in [9.17, 15) is 9.59 Å². The van der Waals surface area contributed by atoms with Crippen LogP contribution in [0.4, 0.5) is 5.69 Å². The summed E-state index contributed by atoms with van der Waals surface area (Å²) in [6.45, 7) is 0.511. The topological polar surface area (TPSA) is 70.2 Å². The lowest BCUT2D eigenvalue weighted by Gasteiger charge is -2.31. The molecule has 3 aliphatic rings. The van der Waals surface area contributed by atoms with Gasteiger partial charge in [-0.2, -0.15) is 0 Å². The molecule has 1 aromatic carbocycles. The maximum atomic E-state index is 13.1. The smallest absolute Gasteiger partial charge is 0.250 e. The molecule has 4 atom stereocenters. The van der Waals surface area contributed by atoms with Crippen molar-refractivity contribution >= 4 is 52.0 Å². The highest BCUT2D eigenvalue weighted by molar-refractivity contribution is 7.16. The summed E-state index contributed by atoms with van der Waals surface area (Å²) < 4.78 is 0.640. The predicted molar refractivity (Wildman–Crippen MR) is 97.3 cm³/mol. The fourth-order valence-electron chi connectivity index (χ4n) is 4.46. The quantitative estimate of drug-likeness (QED) is 0.697. The average Bonchev–Trinajstić information content (AvgIpc) is 3.28. The van der Waals surface area contributed by atoms with Crippen LogP contribution in [0.3, 0.4) is 0 Å². The Morgan fingerprint density at radius 1 is 1.16 bits per heavy atom. The first-order chi connectivity index (χ1) is 12.0. The second-order valence-corrected chi connectivity index (χ2v) is 8.78. The van der Waals surface area contributed by atoms with Crippen LogP contribution in [0.15, 0.2) is 30.3 Å². The lowest BCUT2D eigenvalue weighted by molar-refractivity contribution is -0.124. The van der Waals surface area contributed by atoms with Crippen molar-refractivity contribution in [2.24, 2.45) is 5.92 Å². The zero-order valence-electron chi connectivity index (χ0n) is 12.8. The van der Waals surface area contributed by atoms with E-state index in [2.05, 4.69) is 16.0 Å². The van der Waals surface area contributed by atoms with E-state index in [0.717, 1.165) is 10.4 Å². The number of nitrogens with one attached hydrogen (secondary N) is 3. The van der Waals surface area contributed by atoms with Crippen LogP contribution in [0.2, 0.25) is 9.36 Å². The number of hydrogen-bond acceptors (Lipinski definition) is 4. The Kier molecular flexibility index (Phi) is 3.26. The molecule has 3 aliphatic heterocycles. The number of halogens is 2. The van der Waals surface area contributed by atoms with E-state index in [1.54, 1.807) is 12.1 Å². The molecule has 1 aromatic heterocycles. The number of amides is 2. The Labute approximate surface area is 157 Å². The molecule has 0 saturated carbocycles. The fraction of sp³-hybridized carbons (Fsp3) is 0.294. The molecule has 0 bridgehead atoms. The van der Waals surface area contributed by atoms with Crippen LogP contribution in [0.5, 0.6) is 0 Å². The Balaban J connectivity index is 1.75. The third-order valence-corrected chi connectivity index (χ3v) is 6.93. The van der Waals surface area contributed by atoms with E-state index in [4.69, 9.17) is 23.2 Å². The Bertz CT molecular complexity index is 930. The predicted octanol–water partition coefficient (Wildman–Crippen LogP) is 2.70. The minimum Gasteiger partial charge on any atom is -0.354 e. The number of anilines is 1. The van der Waals surface area contributed by atoms with Gasteiger partial charge in [-0.1, -0.05) is 29.3 Å². The van der Waals surface area contributed by atoms with Crippen molar-refractivity contribution < 1.29 is 9.59 Å². The third kappa shape index (κ3) is 1.99. The summed E-state index contributed by atoms with van der Waals surface area (Å²) in [5, 5.41) is 9.86. The first-order valence-electron chi connectivity index (χ1n) is 7.93. The van der Waals surface area contributed by atoms with Crippen molar-refractivity contribution in [2.45, 2.75) is 17.5 Å². The lowest BCUT2D eigenvalue weighted by Crippen LogP contribution is -2.50. The van der Waals surface area contributed by atoms with E-state index in [1.165, 1.54) is 11.3 Å². The average molecular weight is 394 g/mol. The van der Waals surface area contributed by atoms with Gasteiger partial charge in [-0.25, -0.2) is 0 Å². The number of carbonyl (C=O) groups is 2. The van der Waals surface area contributed by atoms with Crippen LogP contribution in [0.25, 0.3) is 0 Å². The largest absolute Gasteiger partial charge is 0.354 e. The Morgan fingerprint density at radius 2 is 2.00 bits per heavy atom. The standard InChI is InChI=1S/C17H13Cl2N3O2S/c18-7-1-2-8-9(5-7)21-16(24)17(8)14(11-3-4-12(19)25-11)13-10(22-17)6-20-15(13)23/h1-5,10,13-14,22H,6H2,(H,20,23)(H,21,24)/t10-,13+,14-,17+/m0/s1. The fourth-order valence-corrected chi connectivity index (χ4v) is 5.91. The molecule has 0 aliphatic carbocycles. The van der Waals surface area contributed by atoms with Gasteiger partial charge >= 0.3 is 0 Å². The summed E-state index contributed by atoms with van der Waals surface area (Å²) in [6.07, 6.45) is 0. The van der Waals surface area contributed by atoms with Gasteiger partial charge in [0.15, 0.2) is 0 Å². The van der Waals surface area contributed by atoms with Crippen molar-refractivity contribution in [1.29, 1.82) is 0 Å². The second-order valence-electron chi connectivity index (χ2n) is 6.59. The van der Waals surface area contributed by atoms with E-state index < -0.39 is 5.54 Å². The molecule has 4 heterocycles. The molecule has 2 amide bonds. The van der Waals surface area contributed by atoms with Crippen LogP contribution in [-0.2, 0) is 15.1 Å². The Hall–Kier alpha value is -1.60. The normalized spacial score (nSPS) is 32.6. The Morgan fingerprint density at radius 3 is 2.76 bits per heavy atom. The first-order valence-corrected chi connectivity index (χ1v) is 9.50. The van der Waals surface area contributed by atoms with Gasteiger partial charge in [-0.3, -0.25) is 14.9 Å². The van der Waals surface area contributed by atoms with Crippen molar-refractivity contribution in [2.75, 3.05) is 11.9 Å². The van der Waals surface area contributed by atoms with E-state index >= 15 is 0 Å². The van der Waals surface area contributed by atoms with Gasteiger partial charge in [0.25, 0.3) is 0 Å². The minimum absolute atomic E-state index is 0.0286. The molecule has 5 nitrogen and oxygen atoms in total. The highest BCUT2D eigenvalue weighted by atomic mass is 35.5. The van der Waals surface area contributed by atoms with Gasteiger partial charge in [0.05, 0.1) is 10.3 Å². The zero-order chi connectivity index (χ0) is 17.3. The van der Waals surface area contributed by atoms with Gasteiger partial charge in [0.2, 0.25) is 11.8 Å². The molecule has 3 N–H and O–H groups in total. The van der Waals surface area contributed by atoms with Gasteiger partial charge in [-0.15, -0.1) is 11.3 Å². The highest BCUT2D eigenvalue weighted by Crippen LogP contribution is 2.56. The SMILES string of the molecule is O=C1NC[C@@H]2N[C@@]3(C(=O)Nc4cc(Cl)ccc43)[C@@H](c3ccc(Cl)s3)[C@H]12. The molecule has 2 aromatic rings. The number of rotatable bonds is 1. The molecule has 2 saturated heterocycles. The molecule has 0 unspecified atom stereocenters. The highest BCUT2D eigenvalue weighted by Gasteiger charge is 2.65. The van der Waals surface area contributed by atoms with Crippen LogP contribution in [-0.4, -0.2) is 24.4 Å². The number of thiophene rings is 1. The van der Waals surface area contributed by atoms with Crippen molar-refractivity contribution in [3.8, 4) is 0 Å². The first kappa shape index (κ1) is 15.6. The van der Waals surface area contributed by atoms with E-state index in [0.29, 0.717) is 21.6 Å². The molecular formula is C17H13Cl2N3O2S. The number of benzene rings is 1. The molecule has 1 spiro atoms. The van der Waals surface area contributed by atoms with Crippen molar-refractivity contribution in [3.05, 3.63) is 50.1 Å². The van der Waals surface area contributed by atoms with Crippen LogP contribution >= 0.6 is 34.5 Å². The molecule has 128 valence electrons. The van der Waals surface area contributed by atoms with Gasteiger partial charge in [-0.05, 0) is 24.3 Å². The monoisotopic (exact) mass is 393 g/mol. The maximum absolute atomic E-state index is 13.1. The number of carbonyl (C=O) groups excluding carboxylic acids is 2. The van der Waals surface area contributed by atoms with Crippen molar-refractivity contribution in [1.82, 2.24) is 10.6 Å². The summed E-state index contributed by atoms with van der Waals surface area (Å²) in [6, 6.07) is 9.00. The van der Waals surface area contributed by atoms with Gasteiger partial charge in [0.1, 0.15) is 5.54 Å². The molecule has 0 radical (unpaired) electrons. The lowest BCUT2D eigenvalue weighted by atomic mass is 9.75.